The van der Waals surface area contributed by atoms with Crippen molar-refractivity contribution in [1.29, 1.82) is 0 Å². The molecule has 1 amide bonds. The molecule has 1 aromatic rings. The van der Waals surface area contributed by atoms with E-state index < -0.39 is 18.2 Å². The number of unbranched alkanes of at least 4 members (excludes halogenated alkanes) is 6. The van der Waals surface area contributed by atoms with E-state index in [1.807, 2.05) is 32.9 Å². The lowest BCUT2D eigenvalue weighted by Gasteiger charge is -2.36. The molecule has 1 saturated heterocycles. The highest BCUT2D eigenvalue weighted by atomic mass is 19.4. The van der Waals surface area contributed by atoms with Gasteiger partial charge in [-0.3, -0.25) is 0 Å². The number of carbonyl (C=O) groups excluding carboxylic acids is 1. The third-order valence-electron chi connectivity index (χ3n) is 5.74. The first-order valence-electron chi connectivity index (χ1n) is 12.0. The van der Waals surface area contributed by atoms with E-state index in [0.29, 0.717) is 44.6 Å². The molecular formula is C25H38F4N2O2. The fourth-order valence-electron chi connectivity index (χ4n) is 3.93. The minimum atomic E-state index is -4.05. The molecule has 0 bridgehead atoms. The van der Waals surface area contributed by atoms with E-state index in [1.165, 1.54) is 0 Å². The van der Waals surface area contributed by atoms with Crippen molar-refractivity contribution in [3.05, 3.63) is 29.6 Å². The molecule has 8 heteroatoms. The molecule has 1 aliphatic heterocycles. The van der Waals surface area contributed by atoms with Gasteiger partial charge in [-0.2, -0.15) is 13.2 Å². The second kappa shape index (κ2) is 12.5. The van der Waals surface area contributed by atoms with Crippen LogP contribution in [0.4, 0.5) is 28.0 Å². The van der Waals surface area contributed by atoms with Crippen molar-refractivity contribution in [1.82, 2.24) is 4.90 Å². The Morgan fingerprint density at radius 3 is 2.03 bits per heavy atom. The van der Waals surface area contributed by atoms with Crippen molar-refractivity contribution < 1.29 is 27.1 Å². The van der Waals surface area contributed by atoms with Gasteiger partial charge in [0.05, 0.1) is 0 Å². The van der Waals surface area contributed by atoms with Crippen molar-refractivity contribution in [2.24, 2.45) is 0 Å². The number of benzene rings is 1. The number of piperazine rings is 1. The summed E-state index contributed by atoms with van der Waals surface area (Å²) in [5.41, 5.74) is 0.985. The van der Waals surface area contributed by atoms with Gasteiger partial charge in [-0.05, 0) is 57.7 Å². The van der Waals surface area contributed by atoms with Gasteiger partial charge >= 0.3 is 12.3 Å². The molecule has 188 valence electrons. The predicted molar refractivity (Wildman–Crippen MR) is 123 cm³/mol. The molecule has 1 aromatic carbocycles. The molecule has 0 saturated carbocycles. The Morgan fingerprint density at radius 2 is 1.48 bits per heavy atom. The maximum Gasteiger partial charge on any atom is 0.410 e. The summed E-state index contributed by atoms with van der Waals surface area (Å²) < 4.78 is 56.3. The average Bonchev–Trinajstić information content (AvgIpc) is 2.71. The molecule has 0 spiro atoms. The number of hydrogen-bond acceptors (Lipinski definition) is 3. The summed E-state index contributed by atoms with van der Waals surface area (Å²) in [6, 6.07) is 5.34. The molecular weight excluding hydrogens is 436 g/mol. The highest BCUT2D eigenvalue weighted by Gasteiger charge is 2.26. The first-order chi connectivity index (χ1) is 15.4. The Morgan fingerprint density at radius 1 is 0.909 bits per heavy atom. The van der Waals surface area contributed by atoms with Crippen LogP contribution in [0.1, 0.15) is 77.7 Å². The molecule has 0 radical (unpaired) electrons. The van der Waals surface area contributed by atoms with E-state index >= 15 is 0 Å². The van der Waals surface area contributed by atoms with Crippen LogP contribution < -0.4 is 4.90 Å². The van der Waals surface area contributed by atoms with Crippen LogP contribution in [-0.4, -0.2) is 48.9 Å². The summed E-state index contributed by atoms with van der Waals surface area (Å²) in [4.78, 5) is 15.9. The van der Waals surface area contributed by atoms with Gasteiger partial charge in [0.15, 0.2) is 0 Å². The lowest BCUT2D eigenvalue weighted by Crippen LogP contribution is -2.50. The Hall–Kier alpha value is -1.99. The largest absolute Gasteiger partial charge is 0.444 e. The highest BCUT2D eigenvalue weighted by Crippen LogP contribution is 2.24. The third-order valence-corrected chi connectivity index (χ3v) is 5.74. The SMILES string of the molecule is CC(C)(C)OC(=O)N1CCN(c2ccc(CCCCCCCCCC(F)(F)F)c(F)c2)CC1. The van der Waals surface area contributed by atoms with Gasteiger partial charge < -0.3 is 14.5 Å². The summed E-state index contributed by atoms with van der Waals surface area (Å²) >= 11 is 0. The number of carbonyl (C=O) groups is 1. The topological polar surface area (TPSA) is 32.8 Å². The Kier molecular flexibility index (Phi) is 10.3. The molecule has 0 aromatic heterocycles. The number of anilines is 1. The maximum atomic E-state index is 14.6. The maximum absolute atomic E-state index is 14.6. The molecule has 0 aliphatic carbocycles. The first-order valence-corrected chi connectivity index (χ1v) is 12.0. The van der Waals surface area contributed by atoms with E-state index in [2.05, 4.69) is 4.90 Å². The number of nitrogens with zero attached hydrogens (tertiary/aromatic N) is 2. The van der Waals surface area contributed by atoms with Crippen molar-refractivity contribution in [3.8, 4) is 0 Å². The van der Waals surface area contributed by atoms with Crippen LogP contribution >= 0.6 is 0 Å². The molecule has 0 atom stereocenters. The van der Waals surface area contributed by atoms with Crippen molar-refractivity contribution in [3.63, 3.8) is 0 Å². The summed E-state index contributed by atoms with van der Waals surface area (Å²) in [7, 11) is 0. The number of halogens is 4. The Balaban J connectivity index is 1.66. The smallest absolute Gasteiger partial charge is 0.410 e. The molecule has 0 unspecified atom stereocenters. The van der Waals surface area contributed by atoms with E-state index in [0.717, 1.165) is 37.8 Å². The van der Waals surface area contributed by atoms with E-state index in [4.69, 9.17) is 4.74 Å². The molecule has 1 heterocycles. The summed E-state index contributed by atoms with van der Waals surface area (Å²) in [6.45, 7) is 7.85. The van der Waals surface area contributed by atoms with Gasteiger partial charge in [0.1, 0.15) is 11.4 Å². The lowest BCUT2D eigenvalue weighted by molar-refractivity contribution is -0.135. The molecule has 33 heavy (non-hydrogen) atoms. The summed E-state index contributed by atoms with van der Waals surface area (Å²) in [6.07, 6.45) is 0.953. The van der Waals surface area contributed by atoms with Gasteiger partial charge in [-0.15, -0.1) is 0 Å². The molecule has 1 fully saturated rings. The summed E-state index contributed by atoms with van der Waals surface area (Å²) in [5.74, 6) is -0.214. The minimum absolute atomic E-state index is 0.205. The number of hydrogen-bond donors (Lipinski definition) is 0. The number of amides is 1. The van der Waals surface area contributed by atoms with Crippen LogP contribution in [0, 0.1) is 5.82 Å². The Bertz CT molecular complexity index is 739. The first kappa shape index (κ1) is 27.3. The van der Waals surface area contributed by atoms with Gasteiger partial charge in [-0.25, -0.2) is 9.18 Å². The van der Waals surface area contributed by atoms with Crippen LogP contribution in [0.3, 0.4) is 0 Å². The summed E-state index contributed by atoms with van der Waals surface area (Å²) in [5, 5.41) is 0. The molecule has 2 rings (SSSR count). The molecule has 0 N–H and O–H groups in total. The molecule has 1 aliphatic rings. The van der Waals surface area contributed by atoms with E-state index in [9.17, 15) is 22.4 Å². The van der Waals surface area contributed by atoms with Gasteiger partial charge in [-0.1, -0.05) is 38.2 Å². The zero-order chi connectivity index (χ0) is 24.5. The zero-order valence-corrected chi connectivity index (χ0v) is 20.1. The number of alkyl halides is 3. The third kappa shape index (κ3) is 10.7. The van der Waals surface area contributed by atoms with Gasteiger partial charge in [0.2, 0.25) is 0 Å². The zero-order valence-electron chi connectivity index (χ0n) is 20.1. The number of rotatable bonds is 10. The predicted octanol–water partition coefficient (Wildman–Crippen LogP) is 7.11. The van der Waals surface area contributed by atoms with Crippen LogP contribution in [0.25, 0.3) is 0 Å². The van der Waals surface area contributed by atoms with Crippen LogP contribution in [0.15, 0.2) is 18.2 Å². The minimum Gasteiger partial charge on any atom is -0.444 e. The van der Waals surface area contributed by atoms with Crippen LogP contribution in [0.2, 0.25) is 0 Å². The number of ether oxygens (including phenoxy) is 1. The standard InChI is InChI=1S/C25H38F4N2O2/c1-24(2,3)33-23(32)31-17-15-30(16-18-31)21-13-12-20(22(26)19-21)11-9-7-5-4-6-8-10-14-25(27,28)29/h12-13,19H,4-11,14-18H2,1-3H3. The van der Waals surface area contributed by atoms with Crippen molar-refractivity contribution in [2.75, 3.05) is 31.1 Å². The van der Waals surface area contributed by atoms with Crippen molar-refractivity contribution in [2.45, 2.75) is 90.3 Å². The van der Waals surface area contributed by atoms with Gasteiger partial charge in [0.25, 0.3) is 0 Å². The lowest BCUT2D eigenvalue weighted by atomic mass is 10.0. The van der Waals surface area contributed by atoms with E-state index in [-0.39, 0.29) is 18.3 Å². The van der Waals surface area contributed by atoms with Crippen molar-refractivity contribution >= 4 is 11.8 Å². The normalized spacial score (nSPS) is 15.1. The second-order valence-corrected chi connectivity index (χ2v) is 9.82. The highest BCUT2D eigenvalue weighted by molar-refractivity contribution is 5.68. The Labute approximate surface area is 195 Å². The fourth-order valence-corrected chi connectivity index (χ4v) is 3.93. The second-order valence-electron chi connectivity index (χ2n) is 9.82. The van der Waals surface area contributed by atoms with Crippen LogP contribution in [0.5, 0.6) is 0 Å². The van der Waals surface area contributed by atoms with E-state index in [1.54, 1.807) is 11.0 Å². The molecule has 4 nitrogen and oxygen atoms in total. The van der Waals surface area contributed by atoms with Gasteiger partial charge in [0, 0.05) is 38.3 Å². The monoisotopic (exact) mass is 474 g/mol. The number of aryl methyl sites for hydroxylation is 1. The van der Waals surface area contributed by atoms with Crippen LogP contribution in [-0.2, 0) is 11.2 Å². The average molecular weight is 475 g/mol. The quantitative estimate of drug-likeness (QED) is 0.268. The fraction of sp³-hybridized carbons (Fsp3) is 0.720.